The molecule has 0 saturated heterocycles. The number of aryl methyl sites for hydroxylation is 1. The van der Waals surface area contributed by atoms with Crippen LogP contribution in [-0.4, -0.2) is 12.6 Å². The minimum absolute atomic E-state index is 0.359. The number of nitrogens with one attached hydrogen (secondary N) is 1. The largest absolute Gasteiger partial charge is 0.462 e. The fourth-order valence-electron chi connectivity index (χ4n) is 2.09. The molecule has 2 aromatic rings. The highest BCUT2D eigenvalue weighted by atomic mass is 16.5. The number of anilines is 3. The molecule has 0 radical (unpaired) electrons. The molecule has 3 N–H and O–H groups in total. The highest BCUT2D eigenvalue weighted by Crippen LogP contribution is 2.24. The van der Waals surface area contributed by atoms with Crippen LogP contribution in [0.1, 0.15) is 36.2 Å². The van der Waals surface area contributed by atoms with Crippen LogP contribution in [0, 0.1) is 0 Å². The quantitative estimate of drug-likeness (QED) is 0.621. The van der Waals surface area contributed by atoms with Gasteiger partial charge in [0.15, 0.2) is 0 Å². The van der Waals surface area contributed by atoms with Crippen molar-refractivity contribution in [3.05, 3.63) is 53.6 Å². The summed E-state index contributed by atoms with van der Waals surface area (Å²) in [6.45, 7) is 4.48. The van der Waals surface area contributed by atoms with E-state index in [0.29, 0.717) is 23.5 Å². The molecule has 116 valence electrons. The van der Waals surface area contributed by atoms with Crippen molar-refractivity contribution in [3.63, 3.8) is 0 Å². The van der Waals surface area contributed by atoms with Gasteiger partial charge < -0.3 is 15.8 Å². The number of carbonyl (C=O) groups is 1. The summed E-state index contributed by atoms with van der Waals surface area (Å²) in [5.74, 6) is -0.359. The van der Waals surface area contributed by atoms with Crippen LogP contribution < -0.4 is 11.1 Å². The molecule has 0 spiro atoms. The Balaban J connectivity index is 2.23. The van der Waals surface area contributed by atoms with Crippen molar-refractivity contribution in [2.75, 3.05) is 17.7 Å². The molecule has 0 bridgehead atoms. The Morgan fingerprint density at radius 2 is 1.86 bits per heavy atom. The molecule has 0 atom stereocenters. The molecule has 0 aliphatic heterocycles. The lowest BCUT2D eigenvalue weighted by Crippen LogP contribution is -2.09. The zero-order valence-electron chi connectivity index (χ0n) is 13.1. The molecule has 0 amide bonds. The van der Waals surface area contributed by atoms with Crippen LogP contribution in [0.4, 0.5) is 17.1 Å². The zero-order valence-corrected chi connectivity index (χ0v) is 13.1. The summed E-state index contributed by atoms with van der Waals surface area (Å²) in [7, 11) is 0. The number of esters is 1. The molecule has 0 heterocycles. The summed E-state index contributed by atoms with van der Waals surface area (Å²) in [6.07, 6.45) is 1.78. The number of benzene rings is 2. The van der Waals surface area contributed by atoms with E-state index < -0.39 is 0 Å². The van der Waals surface area contributed by atoms with Gasteiger partial charge in [0.25, 0.3) is 0 Å². The summed E-state index contributed by atoms with van der Waals surface area (Å²) in [6, 6.07) is 13.3. The Hall–Kier alpha value is -2.49. The van der Waals surface area contributed by atoms with Crippen molar-refractivity contribution in [2.45, 2.75) is 26.7 Å². The summed E-state index contributed by atoms with van der Waals surface area (Å²) >= 11 is 0. The van der Waals surface area contributed by atoms with E-state index in [2.05, 4.69) is 24.4 Å². The Morgan fingerprint density at radius 3 is 2.50 bits per heavy atom. The number of rotatable bonds is 6. The average molecular weight is 298 g/mol. The van der Waals surface area contributed by atoms with Gasteiger partial charge in [-0.2, -0.15) is 0 Å². The van der Waals surface area contributed by atoms with Gasteiger partial charge in [0.05, 0.1) is 17.9 Å². The number of nitrogen functional groups attached to an aromatic ring is 1. The Bertz CT molecular complexity index is 636. The molecule has 0 aliphatic carbocycles. The molecule has 0 aromatic heterocycles. The first-order valence-corrected chi connectivity index (χ1v) is 7.56. The fraction of sp³-hybridized carbons (Fsp3) is 0.278. The number of nitrogens with two attached hydrogens (primary N) is 1. The van der Waals surface area contributed by atoms with Crippen LogP contribution in [0.25, 0.3) is 0 Å². The van der Waals surface area contributed by atoms with Gasteiger partial charge in [-0.25, -0.2) is 4.79 Å². The smallest absolute Gasteiger partial charge is 0.340 e. The van der Waals surface area contributed by atoms with Gasteiger partial charge in [0.2, 0.25) is 0 Å². The zero-order chi connectivity index (χ0) is 15.9. The maximum Gasteiger partial charge on any atom is 0.340 e. The van der Waals surface area contributed by atoms with E-state index >= 15 is 0 Å². The third kappa shape index (κ3) is 4.01. The van der Waals surface area contributed by atoms with E-state index in [1.807, 2.05) is 19.1 Å². The lowest BCUT2D eigenvalue weighted by atomic mass is 10.1. The van der Waals surface area contributed by atoms with Gasteiger partial charge in [-0.1, -0.05) is 26.0 Å². The molecule has 0 aliphatic rings. The summed E-state index contributed by atoms with van der Waals surface area (Å²) < 4.78 is 5.21. The second kappa shape index (κ2) is 7.50. The van der Waals surface area contributed by atoms with Crippen LogP contribution in [0.2, 0.25) is 0 Å². The van der Waals surface area contributed by atoms with Crippen molar-refractivity contribution in [1.29, 1.82) is 0 Å². The van der Waals surface area contributed by atoms with Crippen LogP contribution in [0.5, 0.6) is 0 Å². The molecule has 0 fully saturated rings. The first-order valence-electron chi connectivity index (χ1n) is 7.56. The second-order valence-electron chi connectivity index (χ2n) is 5.12. The van der Waals surface area contributed by atoms with Crippen LogP contribution in [-0.2, 0) is 11.2 Å². The molecular weight excluding hydrogens is 276 g/mol. The van der Waals surface area contributed by atoms with Crippen molar-refractivity contribution >= 4 is 23.0 Å². The Labute approximate surface area is 131 Å². The van der Waals surface area contributed by atoms with Gasteiger partial charge >= 0.3 is 5.97 Å². The normalized spacial score (nSPS) is 10.3. The monoisotopic (exact) mass is 298 g/mol. The first-order chi connectivity index (χ1) is 10.6. The molecule has 2 rings (SSSR count). The molecule has 0 unspecified atom stereocenters. The van der Waals surface area contributed by atoms with E-state index in [1.54, 1.807) is 18.2 Å². The van der Waals surface area contributed by atoms with Crippen LogP contribution in [0.15, 0.2) is 42.5 Å². The Morgan fingerprint density at radius 1 is 1.14 bits per heavy atom. The predicted molar refractivity (Wildman–Crippen MR) is 90.5 cm³/mol. The number of ether oxygens (including phenoxy) is 1. The van der Waals surface area contributed by atoms with Crippen molar-refractivity contribution < 1.29 is 9.53 Å². The summed E-state index contributed by atoms with van der Waals surface area (Å²) in [4.78, 5) is 12.1. The molecule has 22 heavy (non-hydrogen) atoms. The topological polar surface area (TPSA) is 64.3 Å². The van der Waals surface area contributed by atoms with Crippen molar-refractivity contribution in [3.8, 4) is 0 Å². The van der Waals surface area contributed by atoms with Crippen molar-refractivity contribution in [2.24, 2.45) is 0 Å². The van der Waals surface area contributed by atoms with Gasteiger partial charge in [-0.15, -0.1) is 0 Å². The average Bonchev–Trinajstić information content (AvgIpc) is 2.55. The van der Waals surface area contributed by atoms with Gasteiger partial charge in [0.1, 0.15) is 0 Å². The predicted octanol–water partition coefficient (Wildman–Crippen LogP) is 4.14. The summed E-state index contributed by atoms with van der Waals surface area (Å²) in [5.41, 5.74) is 9.66. The molecule has 2 aromatic carbocycles. The maximum atomic E-state index is 12.1. The molecule has 0 saturated carbocycles. The second-order valence-corrected chi connectivity index (χ2v) is 5.12. The van der Waals surface area contributed by atoms with E-state index in [4.69, 9.17) is 10.5 Å². The third-order valence-electron chi connectivity index (χ3n) is 3.34. The van der Waals surface area contributed by atoms with Gasteiger partial charge in [-0.3, -0.25) is 0 Å². The minimum Gasteiger partial charge on any atom is -0.462 e. The third-order valence-corrected chi connectivity index (χ3v) is 3.34. The van der Waals surface area contributed by atoms with Crippen LogP contribution in [0.3, 0.4) is 0 Å². The summed E-state index contributed by atoms with van der Waals surface area (Å²) in [5, 5.41) is 3.25. The maximum absolute atomic E-state index is 12.1. The molecular formula is C18H22N2O2. The minimum atomic E-state index is -0.359. The van der Waals surface area contributed by atoms with E-state index in [9.17, 15) is 4.79 Å². The van der Waals surface area contributed by atoms with E-state index in [0.717, 1.165) is 18.5 Å². The number of hydrogen-bond acceptors (Lipinski definition) is 4. The molecule has 4 nitrogen and oxygen atoms in total. The molecule has 4 heteroatoms. The number of carbonyl (C=O) groups excluding carboxylic acids is 1. The standard InChI is InChI=1S/C18H22N2O2/c1-3-11-22-18(21)16-12-14(19)7-10-17(16)20-15-8-5-13(4-2)6-9-15/h5-10,12,20H,3-4,11,19H2,1-2H3. The van der Waals surface area contributed by atoms with E-state index in [1.165, 1.54) is 5.56 Å². The number of hydrogen-bond donors (Lipinski definition) is 2. The van der Waals surface area contributed by atoms with Crippen LogP contribution >= 0.6 is 0 Å². The fourth-order valence-corrected chi connectivity index (χ4v) is 2.09. The lowest BCUT2D eigenvalue weighted by Gasteiger charge is -2.13. The SMILES string of the molecule is CCCOC(=O)c1cc(N)ccc1Nc1ccc(CC)cc1. The highest BCUT2D eigenvalue weighted by Gasteiger charge is 2.13. The van der Waals surface area contributed by atoms with Gasteiger partial charge in [-0.05, 0) is 48.7 Å². The van der Waals surface area contributed by atoms with Gasteiger partial charge in [0, 0.05) is 11.4 Å². The lowest BCUT2D eigenvalue weighted by molar-refractivity contribution is 0.0506. The Kier molecular flexibility index (Phi) is 5.42. The van der Waals surface area contributed by atoms with E-state index in [-0.39, 0.29) is 5.97 Å². The highest BCUT2D eigenvalue weighted by molar-refractivity contribution is 5.97. The van der Waals surface area contributed by atoms with Crippen molar-refractivity contribution in [1.82, 2.24) is 0 Å². The first kappa shape index (κ1) is 15.9.